The van der Waals surface area contributed by atoms with Gasteiger partial charge < -0.3 is 20.3 Å². The zero-order chi connectivity index (χ0) is 25.0. The Balaban J connectivity index is 1.52. The van der Waals surface area contributed by atoms with Crippen LogP contribution in [0.2, 0.25) is 0 Å². The van der Waals surface area contributed by atoms with Gasteiger partial charge in [0.2, 0.25) is 0 Å². The van der Waals surface area contributed by atoms with Gasteiger partial charge in [0.05, 0.1) is 16.8 Å². The Morgan fingerprint density at radius 2 is 1.64 bits per heavy atom. The Kier molecular flexibility index (Phi) is 4.10. The number of ketones is 2. The van der Waals surface area contributed by atoms with Gasteiger partial charge in [-0.15, -0.1) is 0 Å². The van der Waals surface area contributed by atoms with Gasteiger partial charge in [-0.1, -0.05) is 37.5 Å². The first-order valence-corrected chi connectivity index (χ1v) is 12.3. The Morgan fingerprint density at radius 1 is 1.00 bits per heavy atom. The molecule has 0 radical (unpaired) electrons. The number of carbonyl (C=O) groups is 2. The number of phenolic OH excluding ortho intramolecular Hbond substituents is 1. The molecule has 0 aromatic heterocycles. The number of aromatic hydroxyl groups is 1. The van der Waals surface area contributed by atoms with Crippen LogP contribution >= 0.6 is 0 Å². The fourth-order valence-corrected chi connectivity index (χ4v) is 6.75. The van der Waals surface area contributed by atoms with Gasteiger partial charge >= 0.3 is 0 Å². The van der Waals surface area contributed by atoms with E-state index in [4.69, 9.17) is 4.74 Å². The lowest BCUT2D eigenvalue weighted by molar-refractivity contribution is 0.0975. The molecule has 2 heterocycles. The highest BCUT2D eigenvalue weighted by molar-refractivity contribution is 6.31. The first-order chi connectivity index (χ1) is 17.3. The van der Waals surface area contributed by atoms with E-state index in [0.717, 1.165) is 30.4 Å². The highest BCUT2D eigenvalue weighted by atomic mass is 16.6. The molecule has 3 N–H and O–H groups in total. The van der Waals surface area contributed by atoms with Crippen LogP contribution in [0.25, 0.3) is 0 Å². The van der Waals surface area contributed by atoms with E-state index in [0.29, 0.717) is 22.4 Å². The maximum Gasteiger partial charge on any atom is 0.198 e. The van der Waals surface area contributed by atoms with Crippen LogP contribution in [0.4, 0.5) is 5.69 Å². The van der Waals surface area contributed by atoms with Crippen molar-refractivity contribution in [2.24, 2.45) is 5.92 Å². The van der Waals surface area contributed by atoms with E-state index in [1.807, 2.05) is 26.0 Å². The molecule has 2 aliphatic heterocycles. The summed E-state index contributed by atoms with van der Waals surface area (Å²) in [5.74, 6) is 10.7. The van der Waals surface area contributed by atoms with E-state index in [2.05, 4.69) is 29.0 Å². The molecule has 0 spiro atoms. The molecule has 7 rings (SSSR count). The topological polar surface area (TPSA) is 99.2 Å². The van der Waals surface area contributed by atoms with E-state index < -0.39 is 23.3 Å². The summed E-state index contributed by atoms with van der Waals surface area (Å²) in [6.07, 6.45) is 4.67. The second-order valence-corrected chi connectivity index (χ2v) is 10.4. The number of ether oxygens (including phenoxy) is 1. The summed E-state index contributed by atoms with van der Waals surface area (Å²) in [6.45, 7) is 3.96. The van der Waals surface area contributed by atoms with E-state index in [1.165, 1.54) is 6.07 Å². The lowest BCUT2D eigenvalue weighted by atomic mass is 9.67. The number of epoxide rings is 1. The van der Waals surface area contributed by atoms with Crippen molar-refractivity contribution in [3.8, 4) is 29.4 Å². The van der Waals surface area contributed by atoms with Gasteiger partial charge in [-0.25, -0.2) is 0 Å². The van der Waals surface area contributed by atoms with E-state index >= 15 is 0 Å². The number of hydrogen-bond acceptors (Lipinski definition) is 6. The Hall–Kier alpha value is -3.84. The summed E-state index contributed by atoms with van der Waals surface area (Å²) in [5, 5.41) is 25.9. The monoisotopic (exact) mass is 477 g/mol. The molecule has 5 aliphatic rings. The standard InChI is InChI=1S/C30H23NO5/c1-15(2)29-22-10-5-3-4-6-11-23(33)30(29,36-29)20-14-21(32)24-25(26(20)31-22)28(35)19-13-17-9-7-8-16(17)12-18(19)27(24)34/h3-4,12-15,22-23,31-33H,7-9H2,1-2H3/b4-3-/t22-,23+,29-,30-/m0/s1. The van der Waals surface area contributed by atoms with Crippen molar-refractivity contribution in [2.75, 3.05) is 5.32 Å². The minimum absolute atomic E-state index is 0.0242. The third-order valence-corrected chi connectivity index (χ3v) is 8.41. The second-order valence-electron chi connectivity index (χ2n) is 10.4. The van der Waals surface area contributed by atoms with Crippen LogP contribution in [0.3, 0.4) is 0 Å². The smallest absolute Gasteiger partial charge is 0.198 e. The largest absolute Gasteiger partial charge is 0.507 e. The number of nitrogens with one attached hydrogen (secondary N) is 1. The third-order valence-electron chi connectivity index (χ3n) is 8.41. The maximum atomic E-state index is 14.0. The number of aryl methyl sites for hydroxylation is 2. The summed E-state index contributed by atoms with van der Waals surface area (Å²) in [4.78, 5) is 27.7. The van der Waals surface area contributed by atoms with Crippen LogP contribution in [0.1, 0.15) is 68.8 Å². The Bertz CT molecular complexity index is 1590. The lowest BCUT2D eigenvalue weighted by Gasteiger charge is -2.38. The quantitative estimate of drug-likeness (QED) is 0.283. The number of carbonyl (C=O) groups excluding carboxylic acids is 2. The molecule has 0 unspecified atom stereocenters. The molecule has 2 aromatic carbocycles. The van der Waals surface area contributed by atoms with Crippen LogP contribution in [-0.4, -0.2) is 39.5 Å². The first kappa shape index (κ1) is 21.4. The summed E-state index contributed by atoms with van der Waals surface area (Å²) in [6, 6.07) is 4.52. The highest BCUT2D eigenvalue weighted by Crippen LogP contribution is 2.68. The van der Waals surface area contributed by atoms with Crippen molar-refractivity contribution >= 4 is 17.3 Å². The van der Waals surface area contributed by atoms with E-state index in [1.54, 1.807) is 12.2 Å². The fraction of sp³-hybridized carbons (Fsp3) is 0.333. The molecule has 0 saturated carbocycles. The minimum Gasteiger partial charge on any atom is -0.507 e. The Morgan fingerprint density at radius 3 is 2.31 bits per heavy atom. The molecule has 4 atom stereocenters. The van der Waals surface area contributed by atoms with Gasteiger partial charge in [0, 0.05) is 16.7 Å². The predicted molar refractivity (Wildman–Crippen MR) is 132 cm³/mol. The summed E-state index contributed by atoms with van der Waals surface area (Å²) in [5.41, 5.74) is 1.46. The van der Waals surface area contributed by atoms with Crippen molar-refractivity contribution in [1.29, 1.82) is 0 Å². The summed E-state index contributed by atoms with van der Waals surface area (Å²) in [7, 11) is 0. The van der Waals surface area contributed by atoms with Gasteiger partial charge in [0.15, 0.2) is 23.3 Å². The van der Waals surface area contributed by atoms with Gasteiger partial charge in [0.25, 0.3) is 0 Å². The number of aliphatic hydroxyl groups is 1. The average molecular weight is 478 g/mol. The zero-order valence-electron chi connectivity index (χ0n) is 19.9. The molecule has 0 amide bonds. The van der Waals surface area contributed by atoms with Crippen molar-refractivity contribution < 1.29 is 24.5 Å². The van der Waals surface area contributed by atoms with Crippen LogP contribution in [0.15, 0.2) is 30.4 Å². The minimum atomic E-state index is -1.31. The van der Waals surface area contributed by atoms with Gasteiger partial charge in [-0.2, -0.15) is 0 Å². The summed E-state index contributed by atoms with van der Waals surface area (Å²) >= 11 is 0. The highest BCUT2D eigenvalue weighted by Gasteiger charge is 2.81. The van der Waals surface area contributed by atoms with Crippen molar-refractivity contribution in [3.63, 3.8) is 0 Å². The number of aliphatic hydroxyl groups excluding tert-OH is 1. The van der Waals surface area contributed by atoms with Gasteiger partial charge in [0.1, 0.15) is 17.4 Å². The molecule has 6 heteroatoms. The molecule has 3 aliphatic carbocycles. The molecule has 2 aromatic rings. The lowest BCUT2D eigenvalue weighted by Crippen LogP contribution is -2.52. The van der Waals surface area contributed by atoms with Crippen molar-refractivity contribution in [2.45, 2.75) is 56.5 Å². The molecule has 1 fully saturated rings. The molecular formula is C30H23NO5. The molecular weight excluding hydrogens is 454 g/mol. The number of rotatable bonds is 1. The van der Waals surface area contributed by atoms with Gasteiger partial charge in [-0.3, -0.25) is 9.59 Å². The molecule has 36 heavy (non-hydrogen) atoms. The van der Waals surface area contributed by atoms with Crippen molar-refractivity contribution in [3.05, 3.63) is 69.3 Å². The second kappa shape index (κ2) is 6.89. The van der Waals surface area contributed by atoms with Crippen LogP contribution in [-0.2, 0) is 23.2 Å². The number of hydrogen-bond donors (Lipinski definition) is 3. The normalized spacial score (nSPS) is 30.8. The number of phenols is 1. The van der Waals surface area contributed by atoms with Gasteiger partial charge in [-0.05, 0) is 66.7 Å². The fourth-order valence-electron chi connectivity index (χ4n) is 6.75. The van der Waals surface area contributed by atoms with E-state index in [-0.39, 0.29) is 34.4 Å². The first-order valence-electron chi connectivity index (χ1n) is 12.3. The third kappa shape index (κ3) is 2.36. The molecule has 1 saturated heterocycles. The van der Waals surface area contributed by atoms with Crippen molar-refractivity contribution in [1.82, 2.24) is 0 Å². The molecule has 2 bridgehead atoms. The van der Waals surface area contributed by atoms with Crippen LogP contribution < -0.4 is 5.32 Å². The summed E-state index contributed by atoms with van der Waals surface area (Å²) < 4.78 is 6.43. The predicted octanol–water partition coefficient (Wildman–Crippen LogP) is 3.01. The zero-order valence-corrected chi connectivity index (χ0v) is 19.9. The number of fused-ring (bicyclic) bond motifs is 5. The van der Waals surface area contributed by atoms with Crippen LogP contribution in [0.5, 0.6) is 5.75 Å². The number of allylic oxidation sites excluding steroid dienone is 2. The average Bonchev–Trinajstić information content (AvgIpc) is 3.41. The van der Waals surface area contributed by atoms with Crippen LogP contribution in [0, 0.1) is 29.6 Å². The maximum absolute atomic E-state index is 14.0. The SMILES string of the molecule is CC(C)[C@@]12O[C@]13c1cc(O)c4c(c1N[C@H]2C#C/C=C\C#C[C@H]3O)C(=O)c1cc2c(cc1C4=O)CCC2. The molecule has 178 valence electrons. The molecule has 6 nitrogen and oxygen atoms in total. The Labute approximate surface area is 208 Å². The van der Waals surface area contributed by atoms with E-state index in [9.17, 15) is 19.8 Å². The number of anilines is 1. The number of benzene rings is 2.